The van der Waals surface area contributed by atoms with Crippen LogP contribution in [0.2, 0.25) is 0 Å². The van der Waals surface area contributed by atoms with Crippen LogP contribution >= 0.6 is 11.8 Å². The molecule has 0 spiro atoms. The lowest BCUT2D eigenvalue weighted by Crippen LogP contribution is -2.42. The fraction of sp³-hybridized carbons (Fsp3) is 0.500. The minimum Gasteiger partial charge on any atom is -0.387 e. The van der Waals surface area contributed by atoms with Crippen LogP contribution < -0.4 is 5.32 Å². The normalized spacial score (nSPS) is 14.0. The zero-order chi connectivity index (χ0) is 13.6. The van der Waals surface area contributed by atoms with Crippen LogP contribution in [0.5, 0.6) is 0 Å². The number of rotatable bonds is 6. The number of aliphatic hydroxyl groups is 1. The van der Waals surface area contributed by atoms with Gasteiger partial charge in [-0.15, -0.1) is 0 Å². The van der Waals surface area contributed by atoms with E-state index in [1.807, 2.05) is 37.4 Å². The van der Waals surface area contributed by atoms with E-state index in [0.29, 0.717) is 11.3 Å². The van der Waals surface area contributed by atoms with E-state index in [4.69, 9.17) is 0 Å². The molecule has 2 N–H and O–H groups in total. The zero-order valence-electron chi connectivity index (χ0n) is 11.2. The molecule has 4 heteroatoms. The van der Waals surface area contributed by atoms with Crippen molar-refractivity contribution in [1.82, 2.24) is 5.32 Å². The summed E-state index contributed by atoms with van der Waals surface area (Å²) in [5.41, 5.74) is 0.857. The summed E-state index contributed by atoms with van der Waals surface area (Å²) in [5, 5.41) is 12.8. The first-order valence-electron chi connectivity index (χ1n) is 6.07. The van der Waals surface area contributed by atoms with Gasteiger partial charge in [-0.05, 0) is 31.2 Å². The van der Waals surface area contributed by atoms with Crippen molar-refractivity contribution in [3.8, 4) is 0 Å². The number of amides is 1. The van der Waals surface area contributed by atoms with E-state index in [2.05, 4.69) is 5.32 Å². The highest BCUT2D eigenvalue weighted by atomic mass is 32.2. The molecule has 1 unspecified atom stereocenters. The van der Waals surface area contributed by atoms with Gasteiger partial charge < -0.3 is 10.4 Å². The molecular weight excluding hydrogens is 246 g/mol. The summed E-state index contributed by atoms with van der Waals surface area (Å²) in [4.78, 5) is 12.0. The summed E-state index contributed by atoms with van der Waals surface area (Å²) >= 11 is 1.56. The van der Waals surface area contributed by atoms with Gasteiger partial charge in [0.2, 0.25) is 0 Å². The van der Waals surface area contributed by atoms with Gasteiger partial charge in [-0.25, -0.2) is 0 Å². The van der Waals surface area contributed by atoms with E-state index in [1.165, 1.54) is 0 Å². The van der Waals surface area contributed by atoms with Crippen LogP contribution in [0.3, 0.4) is 0 Å². The van der Waals surface area contributed by atoms with Gasteiger partial charge in [0.15, 0.2) is 0 Å². The fourth-order valence-electron chi connectivity index (χ4n) is 1.78. The largest absolute Gasteiger partial charge is 0.387 e. The lowest BCUT2D eigenvalue weighted by atomic mass is 10.0. The number of carbonyl (C=O) groups is 1. The monoisotopic (exact) mass is 267 g/mol. The van der Waals surface area contributed by atoms with Crippen molar-refractivity contribution in [3.63, 3.8) is 0 Å². The molecule has 0 fully saturated rings. The Morgan fingerprint density at radius 1 is 1.44 bits per heavy atom. The molecular formula is C14H21NO2S. The van der Waals surface area contributed by atoms with Crippen molar-refractivity contribution >= 4 is 17.7 Å². The van der Waals surface area contributed by atoms with Crippen LogP contribution in [0, 0.1) is 0 Å². The SMILES string of the molecule is CCc1ccccc1C(=O)NCC(C)(O)CSC. The molecule has 0 aromatic heterocycles. The third-order valence-electron chi connectivity index (χ3n) is 2.73. The molecule has 0 aliphatic rings. The first kappa shape index (κ1) is 15.1. The quantitative estimate of drug-likeness (QED) is 0.830. The van der Waals surface area contributed by atoms with Crippen molar-refractivity contribution in [2.45, 2.75) is 25.9 Å². The third-order valence-corrected chi connectivity index (χ3v) is 3.64. The molecule has 1 aromatic carbocycles. The molecule has 0 saturated carbocycles. The topological polar surface area (TPSA) is 49.3 Å². The van der Waals surface area contributed by atoms with Crippen LogP contribution in [-0.4, -0.2) is 35.2 Å². The second kappa shape index (κ2) is 6.81. The van der Waals surface area contributed by atoms with Crippen molar-refractivity contribution in [2.75, 3.05) is 18.6 Å². The number of benzene rings is 1. The molecule has 1 amide bonds. The van der Waals surface area contributed by atoms with Crippen molar-refractivity contribution < 1.29 is 9.90 Å². The Morgan fingerprint density at radius 3 is 2.72 bits per heavy atom. The molecule has 3 nitrogen and oxygen atoms in total. The number of hydrogen-bond donors (Lipinski definition) is 2. The van der Waals surface area contributed by atoms with Crippen molar-refractivity contribution in [2.24, 2.45) is 0 Å². The van der Waals surface area contributed by atoms with Crippen LogP contribution in [0.25, 0.3) is 0 Å². The van der Waals surface area contributed by atoms with E-state index in [9.17, 15) is 9.90 Å². The molecule has 0 bridgehead atoms. The summed E-state index contributed by atoms with van der Waals surface area (Å²) < 4.78 is 0. The van der Waals surface area contributed by atoms with Gasteiger partial charge >= 0.3 is 0 Å². The Bertz CT molecular complexity index is 405. The van der Waals surface area contributed by atoms with Gasteiger partial charge in [-0.3, -0.25) is 4.79 Å². The lowest BCUT2D eigenvalue weighted by Gasteiger charge is -2.22. The fourth-order valence-corrected chi connectivity index (χ4v) is 2.50. The molecule has 100 valence electrons. The summed E-state index contributed by atoms with van der Waals surface area (Å²) in [6, 6.07) is 7.56. The lowest BCUT2D eigenvalue weighted by molar-refractivity contribution is 0.0724. The first-order valence-corrected chi connectivity index (χ1v) is 7.47. The number of aryl methyl sites for hydroxylation is 1. The minimum absolute atomic E-state index is 0.117. The maximum Gasteiger partial charge on any atom is 0.251 e. The van der Waals surface area contributed by atoms with Gasteiger partial charge in [0.05, 0.1) is 5.60 Å². The maximum absolute atomic E-state index is 12.0. The molecule has 0 aliphatic carbocycles. The average molecular weight is 267 g/mol. The third kappa shape index (κ3) is 4.35. The molecule has 1 atom stereocenters. The van der Waals surface area contributed by atoms with E-state index < -0.39 is 5.60 Å². The van der Waals surface area contributed by atoms with Crippen LogP contribution in [0.15, 0.2) is 24.3 Å². The molecule has 0 saturated heterocycles. The number of nitrogens with one attached hydrogen (secondary N) is 1. The second-order valence-electron chi connectivity index (χ2n) is 4.62. The highest BCUT2D eigenvalue weighted by Crippen LogP contribution is 2.12. The molecule has 1 aromatic rings. The van der Waals surface area contributed by atoms with E-state index in [-0.39, 0.29) is 12.5 Å². The molecule has 0 heterocycles. The summed E-state index contributed by atoms with van der Waals surface area (Å²) in [6.45, 7) is 4.02. The first-order chi connectivity index (χ1) is 8.50. The molecule has 1 rings (SSSR count). The van der Waals surface area contributed by atoms with Crippen molar-refractivity contribution in [3.05, 3.63) is 35.4 Å². The number of hydrogen-bond acceptors (Lipinski definition) is 3. The van der Waals surface area contributed by atoms with Gasteiger partial charge in [-0.2, -0.15) is 11.8 Å². The smallest absolute Gasteiger partial charge is 0.251 e. The Kier molecular flexibility index (Phi) is 5.69. The van der Waals surface area contributed by atoms with Crippen LogP contribution in [-0.2, 0) is 6.42 Å². The minimum atomic E-state index is -0.865. The maximum atomic E-state index is 12.0. The van der Waals surface area contributed by atoms with E-state index in [0.717, 1.165) is 12.0 Å². The van der Waals surface area contributed by atoms with Gasteiger partial charge in [-0.1, -0.05) is 25.1 Å². The Hall–Kier alpha value is -1.00. The molecule has 0 radical (unpaired) electrons. The Labute approximate surface area is 113 Å². The highest BCUT2D eigenvalue weighted by Gasteiger charge is 2.21. The summed E-state index contributed by atoms with van der Waals surface area (Å²) in [7, 11) is 0. The van der Waals surface area contributed by atoms with Crippen LogP contribution in [0.4, 0.5) is 0 Å². The number of thioether (sulfide) groups is 1. The Morgan fingerprint density at radius 2 is 2.11 bits per heavy atom. The number of carbonyl (C=O) groups excluding carboxylic acids is 1. The molecule has 0 aliphatic heterocycles. The predicted octanol–water partition coefficient (Wildman–Crippen LogP) is 2.09. The van der Waals surface area contributed by atoms with Gasteiger partial charge in [0, 0.05) is 17.9 Å². The van der Waals surface area contributed by atoms with E-state index >= 15 is 0 Å². The Balaban J connectivity index is 2.66. The standard InChI is InChI=1S/C14H21NO2S/c1-4-11-7-5-6-8-12(11)13(16)15-9-14(2,17)10-18-3/h5-8,17H,4,9-10H2,1-3H3,(H,15,16). The predicted molar refractivity (Wildman–Crippen MR) is 77.2 cm³/mol. The molecule has 18 heavy (non-hydrogen) atoms. The summed E-state index contributed by atoms with van der Waals surface area (Å²) in [6.07, 6.45) is 2.76. The van der Waals surface area contributed by atoms with Gasteiger partial charge in [0.1, 0.15) is 0 Å². The highest BCUT2D eigenvalue weighted by molar-refractivity contribution is 7.98. The van der Waals surface area contributed by atoms with Crippen molar-refractivity contribution in [1.29, 1.82) is 0 Å². The zero-order valence-corrected chi connectivity index (χ0v) is 12.0. The summed E-state index contributed by atoms with van der Waals surface area (Å²) in [5.74, 6) is 0.483. The van der Waals surface area contributed by atoms with Gasteiger partial charge in [0.25, 0.3) is 5.91 Å². The van der Waals surface area contributed by atoms with E-state index in [1.54, 1.807) is 18.7 Å². The second-order valence-corrected chi connectivity index (χ2v) is 5.49. The van der Waals surface area contributed by atoms with Crippen LogP contribution in [0.1, 0.15) is 29.8 Å². The average Bonchev–Trinajstić information content (AvgIpc) is 2.36.